The zero-order valence-electron chi connectivity index (χ0n) is 16.0. The Hall–Kier alpha value is -2.05. The van der Waals surface area contributed by atoms with Gasteiger partial charge in [0.15, 0.2) is 0 Å². The van der Waals surface area contributed by atoms with Crippen LogP contribution in [-0.4, -0.2) is 35.1 Å². The number of carbonyl (C=O) groups is 2. The van der Waals surface area contributed by atoms with E-state index in [1.807, 2.05) is 25.1 Å². The Balaban J connectivity index is 2.08. The SMILES string of the molecule is CCNC(=O)C(C)N(Cc1ccccc1Cl)C(=O)CSCc1ccccc1F. The third-order valence-electron chi connectivity index (χ3n) is 4.26. The Morgan fingerprint density at radius 1 is 1.14 bits per heavy atom. The lowest BCUT2D eigenvalue weighted by Gasteiger charge is -2.29. The molecular formula is C21H24ClFN2O2S. The highest BCUT2D eigenvalue weighted by Gasteiger charge is 2.26. The fourth-order valence-electron chi connectivity index (χ4n) is 2.66. The molecule has 0 fully saturated rings. The fourth-order valence-corrected chi connectivity index (χ4v) is 3.75. The van der Waals surface area contributed by atoms with E-state index in [2.05, 4.69) is 5.32 Å². The van der Waals surface area contributed by atoms with Gasteiger partial charge in [-0.3, -0.25) is 9.59 Å². The lowest BCUT2D eigenvalue weighted by Crippen LogP contribution is -2.48. The predicted octanol–water partition coefficient (Wildman–Crippen LogP) is 4.27. The van der Waals surface area contributed by atoms with Gasteiger partial charge in [0.25, 0.3) is 0 Å². The predicted molar refractivity (Wildman–Crippen MR) is 113 cm³/mol. The number of rotatable bonds is 9. The first kappa shape index (κ1) is 22.2. The molecule has 0 aliphatic carbocycles. The molecule has 7 heteroatoms. The number of hydrogen-bond acceptors (Lipinski definition) is 3. The van der Waals surface area contributed by atoms with Gasteiger partial charge in [0.05, 0.1) is 5.75 Å². The minimum atomic E-state index is -0.641. The van der Waals surface area contributed by atoms with E-state index in [9.17, 15) is 14.0 Å². The molecule has 0 radical (unpaired) electrons. The highest BCUT2D eigenvalue weighted by Crippen LogP contribution is 2.21. The molecule has 2 rings (SSSR count). The molecule has 0 heterocycles. The molecule has 2 aromatic carbocycles. The van der Waals surface area contributed by atoms with Gasteiger partial charge in [0, 0.05) is 23.9 Å². The summed E-state index contributed by atoms with van der Waals surface area (Å²) in [7, 11) is 0. The van der Waals surface area contributed by atoms with Crippen LogP contribution in [0.1, 0.15) is 25.0 Å². The second-order valence-electron chi connectivity index (χ2n) is 6.27. The Labute approximate surface area is 174 Å². The highest BCUT2D eigenvalue weighted by atomic mass is 35.5. The highest BCUT2D eigenvalue weighted by molar-refractivity contribution is 7.99. The first-order valence-electron chi connectivity index (χ1n) is 9.05. The first-order valence-corrected chi connectivity index (χ1v) is 10.6. The molecule has 0 saturated carbocycles. The molecule has 0 aliphatic heterocycles. The second kappa shape index (κ2) is 11.1. The van der Waals surface area contributed by atoms with Gasteiger partial charge >= 0.3 is 0 Å². The van der Waals surface area contributed by atoms with E-state index in [0.717, 1.165) is 5.56 Å². The molecule has 28 heavy (non-hydrogen) atoms. The summed E-state index contributed by atoms with van der Waals surface area (Å²) in [6.45, 7) is 4.24. The quantitative estimate of drug-likeness (QED) is 0.656. The van der Waals surface area contributed by atoms with Crippen molar-refractivity contribution in [2.75, 3.05) is 12.3 Å². The minimum Gasteiger partial charge on any atom is -0.355 e. The zero-order chi connectivity index (χ0) is 20.5. The van der Waals surface area contributed by atoms with Crippen LogP contribution in [0.4, 0.5) is 4.39 Å². The summed E-state index contributed by atoms with van der Waals surface area (Å²) in [5.74, 6) is -0.177. The van der Waals surface area contributed by atoms with Crippen LogP contribution in [0.5, 0.6) is 0 Å². The number of halogens is 2. The van der Waals surface area contributed by atoms with E-state index < -0.39 is 6.04 Å². The molecule has 2 amide bonds. The number of hydrogen-bond donors (Lipinski definition) is 1. The third kappa shape index (κ3) is 6.24. The van der Waals surface area contributed by atoms with Crippen molar-refractivity contribution < 1.29 is 14.0 Å². The molecule has 0 saturated heterocycles. The zero-order valence-corrected chi connectivity index (χ0v) is 17.5. The average Bonchev–Trinajstić information content (AvgIpc) is 2.68. The maximum Gasteiger partial charge on any atom is 0.242 e. The standard InChI is InChI=1S/C21H24ClFN2O2S/c1-3-24-21(27)15(2)25(12-16-8-4-6-10-18(16)22)20(26)14-28-13-17-9-5-7-11-19(17)23/h4-11,15H,3,12-14H2,1-2H3,(H,24,27). The maximum absolute atomic E-state index is 13.7. The van der Waals surface area contributed by atoms with Gasteiger partial charge in [-0.05, 0) is 37.1 Å². The van der Waals surface area contributed by atoms with Crippen molar-refractivity contribution in [1.29, 1.82) is 0 Å². The smallest absolute Gasteiger partial charge is 0.242 e. The van der Waals surface area contributed by atoms with Crippen LogP contribution in [0.25, 0.3) is 0 Å². The van der Waals surface area contributed by atoms with Gasteiger partial charge in [-0.25, -0.2) is 4.39 Å². The van der Waals surface area contributed by atoms with E-state index in [-0.39, 0.29) is 29.9 Å². The monoisotopic (exact) mass is 422 g/mol. The molecule has 2 aromatic rings. The number of nitrogens with zero attached hydrogens (tertiary/aromatic N) is 1. The van der Waals surface area contributed by atoms with Crippen LogP contribution in [0.15, 0.2) is 48.5 Å². The molecular weight excluding hydrogens is 399 g/mol. The van der Waals surface area contributed by atoms with Crippen molar-refractivity contribution in [2.45, 2.75) is 32.2 Å². The summed E-state index contributed by atoms with van der Waals surface area (Å²) < 4.78 is 13.7. The lowest BCUT2D eigenvalue weighted by atomic mass is 10.1. The first-order chi connectivity index (χ1) is 13.4. The molecule has 0 bridgehead atoms. The van der Waals surface area contributed by atoms with Crippen LogP contribution in [0.2, 0.25) is 5.02 Å². The maximum atomic E-state index is 13.7. The van der Waals surface area contributed by atoms with E-state index in [1.165, 1.54) is 22.7 Å². The molecule has 1 atom stereocenters. The van der Waals surface area contributed by atoms with Gasteiger partial charge in [0.2, 0.25) is 11.8 Å². The van der Waals surface area contributed by atoms with Crippen LogP contribution >= 0.6 is 23.4 Å². The van der Waals surface area contributed by atoms with E-state index in [4.69, 9.17) is 11.6 Å². The van der Waals surface area contributed by atoms with Crippen LogP contribution < -0.4 is 5.32 Å². The molecule has 150 valence electrons. The number of nitrogens with one attached hydrogen (secondary N) is 1. The average molecular weight is 423 g/mol. The van der Waals surface area contributed by atoms with Crippen molar-refractivity contribution in [3.63, 3.8) is 0 Å². The number of amides is 2. The lowest BCUT2D eigenvalue weighted by molar-refractivity contribution is -0.138. The normalized spacial score (nSPS) is 11.7. The molecule has 4 nitrogen and oxygen atoms in total. The van der Waals surface area contributed by atoms with Gasteiger partial charge in [-0.2, -0.15) is 0 Å². The molecule has 0 aliphatic rings. The van der Waals surface area contributed by atoms with Crippen LogP contribution in [0.3, 0.4) is 0 Å². The number of carbonyl (C=O) groups excluding carboxylic acids is 2. The summed E-state index contributed by atoms with van der Waals surface area (Å²) in [5.41, 5.74) is 1.32. The molecule has 1 N–H and O–H groups in total. The summed E-state index contributed by atoms with van der Waals surface area (Å²) in [5, 5.41) is 3.29. The summed E-state index contributed by atoms with van der Waals surface area (Å²) >= 11 is 7.55. The van der Waals surface area contributed by atoms with Crippen molar-refractivity contribution in [3.8, 4) is 0 Å². The Morgan fingerprint density at radius 2 is 1.79 bits per heavy atom. The summed E-state index contributed by atoms with van der Waals surface area (Å²) in [6.07, 6.45) is 0. The topological polar surface area (TPSA) is 49.4 Å². The molecule has 0 aromatic heterocycles. The van der Waals surface area contributed by atoms with Gasteiger partial charge in [0.1, 0.15) is 11.9 Å². The Kier molecular flexibility index (Phi) is 8.80. The van der Waals surface area contributed by atoms with Crippen molar-refractivity contribution in [3.05, 3.63) is 70.5 Å². The van der Waals surface area contributed by atoms with Gasteiger partial charge in [-0.15, -0.1) is 11.8 Å². The van der Waals surface area contributed by atoms with Crippen molar-refractivity contribution >= 4 is 35.2 Å². The summed E-state index contributed by atoms with van der Waals surface area (Å²) in [6, 6.07) is 13.1. The number of thioether (sulfide) groups is 1. The van der Waals surface area contributed by atoms with Crippen LogP contribution in [-0.2, 0) is 21.9 Å². The van der Waals surface area contributed by atoms with Crippen molar-refractivity contribution in [1.82, 2.24) is 10.2 Å². The number of benzene rings is 2. The van der Waals surface area contributed by atoms with Crippen LogP contribution in [0, 0.1) is 5.82 Å². The minimum absolute atomic E-state index is 0.141. The van der Waals surface area contributed by atoms with E-state index in [0.29, 0.717) is 22.9 Å². The molecule has 0 spiro atoms. The van der Waals surface area contributed by atoms with E-state index >= 15 is 0 Å². The third-order valence-corrected chi connectivity index (χ3v) is 5.59. The summed E-state index contributed by atoms with van der Waals surface area (Å²) in [4.78, 5) is 26.7. The van der Waals surface area contributed by atoms with E-state index in [1.54, 1.807) is 31.2 Å². The largest absolute Gasteiger partial charge is 0.355 e. The Morgan fingerprint density at radius 3 is 2.43 bits per heavy atom. The Bertz CT molecular complexity index is 818. The number of likely N-dealkylation sites (N-methyl/N-ethyl adjacent to an activating group) is 1. The van der Waals surface area contributed by atoms with Gasteiger partial charge in [-0.1, -0.05) is 48.0 Å². The second-order valence-corrected chi connectivity index (χ2v) is 7.66. The van der Waals surface area contributed by atoms with Crippen molar-refractivity contribution in [2.24, 2.45) is 0 Å². The molecule has 1 unspecified atom stereocenters. The van der Waals surface area contributed by atoms with Gasteiger partial charge < -0.3 is 10.2 Å². The fraction of sp³-hybridized carbons (Fsp3) is 0.333.